The first-order chi connectivity index (χ1) is 7.99. The molecule has 5 nitrogen and oxygen atoms in total. The standard InChI is InChI=1S/C11H11BrO5/c1-16-9(13)5-6-3-7(11(15)17-2)4-8(12)10(6)14/h3-4,14H,5H2,1-2H3. The van der Waals surface area contributed by atoms with Crippen molar-refractivity contribution in [1.82, 2.24) is 0 Å². The lowest BCUT2D eigenvalue weighted by Gasteiger charge is -2.08. The molecule has 0 fully saturated rings. The molecule has 0 bridgehead atoms. The Labute approximate surface area is 106 Å². The summed E-state index contributed by atoms with van der Waals surface area (Å²) in [5, 5.41) is 9.71. The lowest BCUT2D eigenvalue weighted by atomic mass is 10.1. The number of phenols is 1. The lowest BCUT2D eigenvalue weighted by Crippen LogP contribution is -2.07. The normalized spacial score (nSPS) is 9.82. The molecule has 1 N–H and O–H groups in total. The van der Waals surface area contributed by atoms with Crippen LogP contribution in [0.3, 0.4) is 0 Å². The number of aromatic hydroxyl groups is 1. The van der Waals surface area contributed by atoms with E-state index in [1.54, 1.807) is 0 Å². The molecule has 1 aromatic rings. The summed E-state index contributed by atoms with van der Waals surface area (Å²) < 4.78 is 9.37. The average Bonchev–Trinajstić information content (AvgIpc) is 2.33. The molecule has 17 heavy (non-hydrogen) atoms. The van der Waals surface area contributed by atoms with Gasteiger partial charge in [0.1, 0.15) is 5.75 Å². The van der Waals surface area contributed by atoms with Crippen LogP contribution >= 0.6 is 15.9 Å². The molecule has 0 amide bonds. The summed E-state index contributed by atoms with van der Waals surface area (Å²) in [7, 11) is 2.50. The summed E-state index contributed by atoms with van der Waals surface area (Å²) in [4.78, 5) is 22.5. The number of halogens is 1. The Morgan fingerprint density at radius 3 is 2.47 bits per heavy atom. The minimum Gasteiger partial charge on any atom is -0.506 e. The topological polar surface area (TPSA) is 72.8 Å². The molecule has 0 unspecified atom stereocenters. The summed E-state index contributed by atoms with van der Waals surface area (Å²) >= 11 is 3.10. The smallest absolute Gasteiger partial charge is 0.337 e. The summed E-state index contributed by atoms with van der Waals surface area (Å²) in [5.41, 5.74) is 0.544. The fourth-order valence-corrected chi connectivity index (χ4v) is 1.76. The monoisotopic (exact) mass is 302 g/mol. The second-order valence-electron chi connectivity index (χ2n) is 3.21. The van der Waals surface area contributed by atoms with Gasteiger partial charge in [-0.2, -0.15) is 0 Å². The van der Waals surface area contributed by atoms with Crippen molar-refractivity contribution in [2.24, 2.45) is 0 Å². The van der Waals surface area contributed by atoms with Crippen LogP contribution in [0.5, 0.6) is 5.75 Å². The van der Waals surface area contributed by atoms with Gasteiger partial charge in [0.2, 0.25) is 0 Å². The van der Waals surface area contributed by atoms with Gasteiger partial charge < -0.3 is 14.6 Å². The zero-order valence-electron chi connectivity index (χ0n) is 9.32. The van der Waals surface area contributed by atoms with Gasteiger partial charge in [-0.3, -0.25) is 4.79 Å². The SMILES string of the molecule is COC(=O)Cc1cc(C(=O)OC)cc(Br)c1O. The van der Waals surface area contributed by atoms with Crippen LogP contribution in [0.4, 0.5) is 0 Å². The van der Waals surface area contributed by atoms with E-state index >= 15 is 0 Å². The average molecular weight is 303 g/mol. The molecule has 0 saturated heterocycles. The number of ether oxygens (including phenoxy) is 2. The van der Waals surface area contributed by atoms with Crippen molar-refractivity contribution in [1.29, 1.82) is 0 Å². The lowest BCUT2D eigenvalue weighted by molar-refractivity contribution is -0.139. The molecule has 0 aliphatic carbocycles. The Morgan fingerprint density at radius 1 is 1.29 bits per heavy atom. The number of hydrogen-bond donors (Lipinski definition) is 1. The minimum atomic E-state index is -0.545. The van der Waals surface area contributed by atoms with E-state index in [4.69, 9.17) is 0 Å². The van der Waals surface area contributed by atoms with Crippen LogP contribution in [0.1, 0.15) is 15.9 Å². The van der Waals surface area contributed by atoms with Crippen molar-refractivity contribution in [2.75, 3.05) is 14.2 Å². The predicted molar refractivity (Wildman–Crippen MR) is 62.9 cm³/mol. The molecule has 0 aromatic heterocycles. The highest BCUT2D eigenvalue weighted by atomic mass is 79.9. The number of rotatable bonds is 3. The number of benzene rings is 1. The largest absolute Gasteiger partial charge is 0.506 e. The molecule has 1 aromatic carbocycles. The van der Waals surface area contributed by atoms with Crippen molar-refractivity contribution in [3.05, 3.63) is 27.7 Å². The minimum absolute atomic E-state index is 0.0944. The van der Waals surface area contributed by atoms with Crippen LogP contribution in [-0.2, 0) is 20.7 Å². The van der Waals surface area contributed by atoms with Crippen LogP contribution in [0.15, 0.2) is 16.6 Å². The van der Waals surface area contributed by atoms with Crippen molar-refractivity contribution < 1.29 is 24.2 Å². The van der Waals surface area contributed by atoms with E-state index in [1.807, 2.05) is 0 Å². The van der Waals surface area contributed by atoms with Gasteiger partial charge in [-0.25, -0.2) is 4.79 Å². The van der Waals surface area contributed by atoms with Gasteiger partial charge in [0.05, 0.1) is 30.7 Å². The Morgan fingerprint density at radius 2 is 1.94 bits per heavy atom. The predicted octanol–water partition coefficient (Wildman–Crippen LogP) is 1.66. The number of phenolic OH excluding ortho intramolecular Hbond substituents is 1. The number of carbonyl (C=O) groups excluding carboxylic acids is 2. The quantitative estimate of drug-likeness (QED) is 0.860. The van der Waals surface area contributed by atoms with Gasteiger partial charge in [0.25, 0.3) is 0 Å². The van der Waals surface area contributed by atoms with Gasteiger partial charge >= 0.3 is 11.9 Å². The molecule has 0 aliphatic rings. The first-order valence-electron chi connectivity index (χ1n) is 4.66. The molecule has 6 heteroatoms. The molecule has 92 valence electrons. The maximum Gasteiger partial charge on any atom is 0.337 e. The van der Waals surface area contributed by atoms with E-state index < -0.39 is 11.9 Å². The van der Waals surface area contributed by atoms with Crippen molar-refractivity contribution >= 4 is 27.9 Å². The van der Waals surface area contributed by atoms with Crippen LogP contribution in [0.25, 0.3) is 0 Å². The Hall–Kier alpha value is -1.56. The van der Waals surface area contributed by atoms with E-state index in [0.717, 1.165) is 0 Å². The summed E-state index contributed by atoms with van der Waals surface area (Å²) in [5.74, 6) is -1.14. The van der Waals surface area contributed by atoms with Crippen LogP contribution in [0, 0.1) is 0 Å². The molecule has 0 saturated carbocycles. The van der Waals surface area contributed by atoms with Gasteiger partial charge in [-0.15, -0.1) is 0 Å². The Bertz CT molecular complexity index is 455. The van der Waals surface area contributed by atoms with E-state index in [1.165, 1.54) is 26.4 Å². The van der Waals surface area contributed by atoms with Crippen LogP contribution in [0.2, 0.25) is 0 Å². The zero-order valence-corrected chi connectivity index (χ0v) is 10.9. The van der Waals surface area contributed by atoms with Gasteiger partial charge in [-0.1, -0.05) is 0 Å². The third kappa shape index (κ3) is 3.20. The molecule has 0 aliphatic heterocycles. The second-order valence-corrected chi connectivity index (χ2v) is 4.06. The van der Waals surface area contributed by atoms with Crippen molar-refractivity contribution in [2.45, 2.75) is 6.42 Å². The van der Waals surface area contributed by atoms with E-state index in [9.17, 15) is 14.7 Å². The van der Waals surface area contributed by atoms with E-state index in [2.05, 4.69) is 25.4 Å². The summed E-state index contributed by atoms with van der Waals surface area (Å²) in [6.07, 6.45) is -0.119. The maximum atomic E-state index is 11.3. The highest BCUT2D eigenvalue weighted by Gasteiger charge is 2.15. The summed E-state index contributed by atoms with van der Waals surface area (Å²) in [6, 6.07) is 2.81. The van der Waals surface area contributed by atoms with Crippen molar-refractivity contribution in [3.63, 3.8) is 0 Å². The molecule has 0 spiro atoms. The fourth-order valence-electron chi connectivity index (χ4n) is 1.25. The number of esters is 2. The van der Waals surface area contributed by atoms with Crippen LogP contribution in [-0.4, -0.2) is 31.3 Å². The zero-order chi connectivity index (χ0) is 13.0. The van der Waals surface area contributed by atoms with Crippen LogP contribution < -0.4 is 0 Å². The molecule has 0 heterocycles. The summed E-state index contributed by atoms with van der Waals surface area (Å²) in [6.45, 7) is 0. The van der Waals surface area contributed by atoms with Crippen molar-refractivity contribution in [3.8, 4) is 5.75 Å². The Balaban J connectivity index is 3.15. The van der Waals surface area contributed by atoms with E-state index in [0.29, 0.717) is 10.0 Å². The molecule has 0 atom stereocenters. The van der Waals surface area contributed by atoms with Gasteiger partial charge in [-0.05, 0) is 28.1 Å². The van der Waals surface area contributed by atoms with E-state index in [-0.39, 0.29) is 17.7 Å². The van der Waals surface area contributed by atoms with Gasteiger partial charge in [0, 0.05) is 5.56 Å². The molecule has 0 radical (unpaired) electrons. The number of hydrogen-bond acceptors (Lipinski definition) is 5. The highest BCUT2D eigenvalue weighted by molar-refractivity contribution is 9.10. The molecular weight excluding hydrogens is 292 g/mol. The number of methoxy groups -OCH3 is 2. The first kappa shape index (κ1) is 13.5. The third-order valence-electron chi connectivity index (χ3n) is 2.13. The Kier molecular flexibility index (Phi) is 4.51. The van der Waals surface area contributed by atoms with Gasteiger partial charge in [0.15, 0.2) is 0 Å². The first-order valence-corrected chi connectivity index (χ1v) is 5.45. The number of carbonyl (C=O) groups is 2. The third-order valence-corrected chi connectivity index (χ3v) is 2.73. The highest BCUT2D eigenvalue weighted by Crippen LogP contribution is 2.30. The molecule has 1 rings (SSSR count). The second kappa shape index (κ2) is 5.67. The fraction of sp³-hybridized carbons (Fsp3) is 0.273. The molecular formula is C11H11BrO5. The maximum absolute atomic E-state index is 11.3.